The fourth-order valence-corrected chi connectivity index (χ4v) is 2.15. The summed E-state index contributed by atoms with van der Waals surface area (Å²) in [5.41, 5.74) is -0.856. The first-order valence-electron chi connectivity index (χ1n) is 6.14. The molecule has 2 rings (SSSR count). The first kappa shape index (κ1) is 16.3. The third-order valence-corrected chi connectivity index (χ3v) is 3.38. The van der Waals surface area contributed by atoms with Crippen LogP contribution in [0, 0.1) is 0 Å². The minimum absolute atomic E-state index is 0.00223. The van der Waals surface area contributed by atoms with E-state index in [1.165, 1.54) is 6.07 Å². The van der Waals surface area contributed by atoms with Crippen molar-refractivity contribution in [2.24, 2.45) is 0 Å². The third kappa shape index (κ3) is 3.97. The Hall–Kier alpha value is -2.10. The number of carboxylic acid groups (broad SMARTS) is 1. The summed E-state index contributed by atoms with van der Waals surface area (Å²) in [6.07, 6.45) is -3.03. The molecule has 0 aliphatic carbocycles. The van der Waals surface area contributed by atoms with E-state index < -0.39 is 23.6 Å². The van der Waals surface area contributed by atoms with Gasteiger partial charge in [0.15, 0.2) is 5.16 Å². The smallest absolute Gasteiger partial charge is 0.433 e. The molecule has 0 bridgehead atoms. The van der Waals surface area contributed by atoms with Crippen LogP contribution >= 0.6 is 11.8 Å². The van der Waals surface area contributed by atoms with Crippen molar-refractivity contribution in [2.75, 3.05) is 5.75 Å². The Morgan fingerprint density at radius 3 is 2.64 bits per heavy atom. The Morgan fingerprint density at radius 1 is 1.36 bits per heavy atom. The van der Waals surface area contributed by atoms with Crippen molar-refractivity contribution < 1.29 is 23.1 Å². The number of aromatic nitrogens is 4. The number of nitrogens with zero attached hydrogens (tertiary/aromatic N) is 4. The fourth-order valence-electron chi connectivity index (χ4n) is 1.57. The second-order valence-electron chi connectivity index (χ2n) is 4.16. The Labute approximate surface area is 127 Å². The van der Waals surface area contributed by atoms with E-state index in [0.717, 1.165) is 6.07 Å². The van der Waals surface area contributed by atoms with Gasteiger partial charge in [0.25, 0.3) is 0 Å². The number of carbonyl (C=O) groups is 1. The number of alkyl halides is 3. The summed E-state index contributed by atoms with van der Waals surface area (Å²) >= 11 is 0.624. The molecule has 0 fully saturated rings. The van der Waals surface area contributed by atoms with Gasteiger partial charge in [0.2, 0.25) is 0 Å². The van der Waals surface area contributed by atoms with Crippen molar-refractivity contribution in [3.05, 3.63) is 24.0 Å². The molecule has 22 heavy (non-hydrogen) atoms. The summed E-state index contributed by atoms with van der Waals surface area (Å²) in [4.78, 5) is 17.8. The van der Waals surface area contributed by atoms with Gasteiger partial charge in [-0.25, -0.2) is 9.97 Å². The van der Waals surface area contributed by atoms with Crippen LogP contribution in [0.5, 0.6) is 0 Å². The summed E-state index contributed by atoms with van der Waals surface area (Å²) < 4.78 is 40.2. The average Bonchev–Trinajstić information content (AvgIpc) is 2.93. The topological polar surface area (TPSA) is 80.9 Å². The highest BCUT2D eigenvalue weighted by Crippen LogP contribution is 2.31. The molecule has 0 saturated carbocycles. The number of aryl methyl sites for hydroxylation is 1. The molecular weight excluding hydrogens is 321 g/mol. The molecule has 0 radical (unpaired) electrons. The van der Waals surface area contributed by atoms with Crippen LogP contribution in [0.25, 0.3) is 11.4 Å². The van der Waals surface area contributed by atoms with E-state index in [0.29, 0.717) is 18.3 Å². The Bertz CT molecular complexity index is 687. The molecule has 0 spiro atoms. The molecule has 6 nitrogen and oxygen atoms in total. The first-order chi connectivity index (χ1) is 10.3. The van der Waals surface area contributed by atoms with Crippen molar-refractivity contribution in [2.45, 2.75) is 24.8 Å². The van der Waals surface area contributed by atoms with Crippen LogP contribution < -0.4 is 0 Å². The van der Waals surface area contributed by atoms with Gasteiger partial charge >= 0.3 is 12.1 Å². The summed E-state index contributed by atoms with van der Waals surface area (Å²) in [7, 11) is 0. The number of aliphatic carboxylic acids is 1. The van der Waals surface area contributed by atoms with Gasteiger partial charge in [-0.15, -0.1) is 0 Å². The minimum Gasteiger partial charge on any atom is -0.481 e. The Morgan fingerprint density at radius 2 is 2.09 bits per heavy atom. The lowest BCUT2D eigenvalue weighted by Crippen LogP contribution is -2.11. The molecule has 10 heteroatoms. The fraction of sp³-hybridized carbons (Fsp3) is 0.333. The third-order valence-electron chi connectivity index (χ3n) is 2.55. The molecule has 2 aromatic heterocycles. The first-order valence-corrected chi connectivity index (χ1v) is 7.13. The van der Waals surface area contributed by atoms with Gasteiger partial charge in [0.1, 0.15) is 11.4 Å². The zero-order valence-electron chi connectivity index (χ0n) is 11.3. The highest BCUT2D eigenvalue weighted by atomic mass is 32.2. The minimum atomic E-state index is -4.65. The second kappa shape index (κ2) is 6.34. The maximum Gasteiger partial charge on any atom is 0.433 e. The van der Waals surface area contributed by atoms with Crippen molar-refractivity contribution in [1.29, 1.82) is 0 Å². The highest BCUT2D eigenvalue weighted by Gasteiger charge is 2.34. The molecular formula is C12H11F3N4O2S. The number of hydrogen-bond acceptors (Lipinski definition) is 5. The summed E-state index contributed by atoms with van der Waals surface area (Å²) in [5, 5.41) is 12.5. The molecule has 2 heterocycles. The monoisotopic (exact) mass is 332 g/mol. The van der Waals surface area contributed by atoms with Crippen LogP contribution in [-0.4, -0.2) is 36.6 Å². The molecule has 2 aromatic rings. The molecule has 0 aromatic carbocycles. The van der Waals surface area contributed by atoms with Crippen molar-refractivity contribution >= 4 is 17.7 Å². The van der Waals surface area contributed by atoms with Crippen LogP contribution in [0.1, 0.15) is 12.6 Å². The molecule has 0 aliphatic rings. The van der Waals surface area contributed by atoms with E-state index in [1.807, 2.05) is 6.92 Å². The van der Waals surface area contributed by atoms with E-state index in [2.05, 4.69) is 15.1 Å². The van der Waals surface area contributed by atoms with Gasteiger partial charge in [-0.1, -0.05) is 11.8 Å². The normalized spacial score (nSPS) is 11.6. The SMILES string of the molecule is CCn1ccc(-c2cc(C(F)(F)F)nc(SCC(=O)O)n2)n1. The lowest BCUT2D eigenvalue weighted by Gasteiger charge is -2.08. The zero-order chi connectivity index (χ0) is 16.3. The molecule has 1 N–H and O–H groups in total. The molecule has 0 unspecified atom stereocenters. The number of rotatable bonds is 5. The summed E-state index contributed by atoms with van der Waals surface area (Å²) in [6, 6.07) is 2.34. The van der Waals surface area contributed by atoms with Crippen molar-refractivity contribution in [3.8, 4) is 11.4 Å². The van der Waals surface area contributed by atoms with E-state index in [4.69, 9.17) is 5.11 Å². The average molecular weight is 332 g/mol. The molecule has 0 aliphatic heterocycles. The van der Waals surface area contributed by atoms with Crippen molar-refractivity contribution in [3.63, 3.8) is 0 Å². The van der Waals surface area contributed by atoms with Gasteiger partial charge < -0.3 is 5.11 Å². The van der Waals surface area contributed by atoms with Crippen LogP contribution in [0.15, 0.2) is 23.5 Å². The van der Waals surface area contributed by atoms with Gasteiger partial charge in [0, 0.05) is 12.7 Å². The Kier molecular flexibility index (Phi) is 4.69. The number of thioether (sulfide) groups is 1. The zero-order valence-corrected chi connectivity index (χ0v) is 12.1. The van der Waals surface area contributed by atoms with Crippen molar-refractivity contribution in [1.82, 2.24) is 19.7 Å². The standard InChI is InChI=1S/C12H11F3N4O2S/c1-2-19-4-3-7(18-19)8-5-9(12(13,14)15)17-11(16-8)22-6-10(20)21/h3-5H,2,6H2,1H3,(H,20,21). The number of carboxylic acids is 1. The van der Waals surface area contributed by atoms with Gasteiger partial charge in [-0.2, -0.15) is 18.3 Å². The highest BCUT2D eigenvalue weighted by molar-refractivity contribution is 7.99. The summed E-state index contributed by atoms with van der Waals surface area (Å²) in [6.45, 7) is 2.41. The molecule has 0 saturated heterocycles. The quantitative estimate of drug-likeness (QED) is 0.669. The summed E-state index contributed by atoms with van der Waals surface area (Å²) in [5.74, 6) is -1.59. The van der Waals surface area contributed by atoms with Gasteiger partial charge in [-0.3, -0.25) is 9.48 Å². The van der Waals surface area contributed by atoms with E-state index >= 15 is 0 Å². The van der Waals surface area contributed by atoms with Gasteiger partial charge in [0.05, 0.1) is 11.4 Å². The van der Waals surface area contributed by atoms with Crippen LogP contribution in [0.3, 0.4) is 0 Å². The molecule has 0 amide bonds. The number of halogens is 3. The van der Waals surface area contributed by atoms with Gasteiger partial charge in [-0.05, 0) is 19.1 Å². The second-order valence-corrected chi connectivity index (χ2v) is 5.10. The number of hydrogen-bond donors (Lipinski definition) is 1. The lowest BCUT2D eigenvalue weighted by atomic mass is 10.2. The van der Waals surface area contributed by atoms with E-state index in [9.17, 15) is 18.0 Å². The van der Waals surface area contributed by atoms with E-state index in [-0.39, 0.29) is 16.5 Å². The molecule has 0 atom stereocenters. The van der Waals surface area contributed by atoms with Crippen LogP contribution in [0.4, 0.5) is 13.2 Å². The maximum absolute atomic E-state index is 12.9. The largest absolute Gasteiger partial charge is 0.481 e. The molecule has 118 valence electrons. The van der Waals surface area contributed by atoms with Crippen LogP contribution in [0.2, 0.25) is 0 Å². The lowest BCUT2D eigenvalue weighted by molar-refractivity contribution is -0.141. The Balaban J connectivity index is 2.43. The van der Waals surface area contributed by atoms with E-state index in [1.54, 1.807) is 10.9 Å². The predicted molar refractivity (Wildman–Crippen MR) is 72.3 cm³/mol. The predicted octanol–water partition coefficient (Wildman–Crippen LogP) is 2.56. The van der Waals surface area contributed by atoms with Crippen LogP contribution in [-0.2, 0) is 17.5 Å². The maximum atomic E-state index is 12.9.